The van der Waals surface area contributed by atoms with Crippen molar-refractivity contribution >= 4 is 29.9 Å². The Labute approximate surface area is 183 Å². The van der Waals surface area contributed by atoms with Crippen LogP contribution in [-0.4, -0.2) is 50.3 Å². The quantitative estimate of drug-likeness (QED) is 0.710. The standard InChI is InChI=1S/C22H27ClN2O3.ClH/c1-16-6-5-7-17(2)22(16)28-15-21(26)24-14-20(25-10-12-27-13-11-25)18-8-3-4-9-19(18)23;/h3-9,20H,10-15H2,1-2H3,(H,24,26);1H. The number of aryl methyl sites for hydroxylation is 2. The molecule has 2 aromatic rings. The first kappa shape index (κ1) is 23.5. The number of amides is 1. The average Bonchev–Trinajstić information content (AvgIpc) is 2.70. The zero-order chi connectivity index (χ0) is 19.9. The molecule has 0 aliphatic carbocycles. The summed E-state index contributed by atoms with van der Waals surface area (Å²) >= 11 is 6.43. The van der Waals surface area contributed by atoms with E-state index in [0.717, 1.165) is 35.5 Å². The summed E-state index contributed by atoms with van der Waals surface area (Å²) in [6.07, 6.45) is 0. The van der Waals surface area contributed by atoms with Crippen LogP contribution in [0.15, 0.2) is 42.5 Å². The molecule has 1 aliphatic rings. The minimum Gasteiger partial charge on any atom is -0.483 e. The van der Waals surface area contributed by atoms with Crippen molar-refractivity contribution in [2.24, 2.45) is 0 Å². The van der Waals surface area contributed by atoms with E-state index >= 15 is 0 Å². The minimum absolute atomic E-state index is 0. The van der Waals surface area contributed by atoms with E-state index in [2.05, 4.69) is 10.2 Å². The molecule has 1 heterocycles. The second-order valence-electron chi connectivity index (χ2n) is 7.00. The van der Waals surface area contributed by atoms with Crippen molar-refractivity contribution in [3.63, 3.8) is 0 Å². The lowest BCUT2D eigenvalue weighted by atomic mass is 10.0. The fourth-order valence-electron chi connectivity index (χ4n) is 3.50. The third-order valence-electron chi connectivity index (χ3n) is 5.00. The van der Waals surface area contributed by atoms with E-state index in [0.29, 0.717) is 24.8 Å². The Hall–Kier alpha value is -1.79. The molecule has 1 fully saturated rings. The van der Waals surface area contributed by atoms with Crippen LogP contribution in [0.5, 0.6) is 5.75 Å². The fourth-order valence-corrected chi connectivity index (χ4v) is 3.76. The van der Waals surface area contributed by atoms with Crippen molar-refractivity contribution in [3.8, 4) is 5.75 Å². The molecule has 1 unspecified atom stereocenters. The molecule has 1 saturated heterocycles. The second kappa shape index (κ2) is 11.4. The van der Waals surface area contributed by atoms with Gasteiger partial charge in [-0.2, -0.15) is 0 Å². The topological polar surface area (TPSA) is 50.8 Å². The van der Waals surface area contributed by atoms with Crippen molar-refractivity contribution in [1.82, 2.24) is 10.2 Å². The predicted molar refractivity (Wildman–Crippen MR) is 118 cm³/mol. The molecule has 1 aliphatic heterocycles. The second-order valence-corrected chi connectivity index (χ2v) is 7.41. The van der Waals surface area contributed by atoms with E-state index in [-0.39, 0.29) is 31.0 Å². The number of carbonyl (C=O) groups excluding carboxylic acids is 1. The van der Waals surface area contributed by atoms with Crippen LogP contribution in [0.4, 0.5) is 0 Å². The molecule has 1 atom stereocenters. The Kier molecular flexibility index (Phi) is 9.24. The molecule has 29 heavy (non-hydrogen) atoms. The van der Waals surface area contributed by atoms with E-state index in [1.807, 2.05) is 56.3 Å². The maximum atomic E-state index is 12.4. The highest BCUT2D eigenvalue weighted by Gasteiger charge is 2.25. The van der Waals surface area contributed by atoms with Crippen LogP contribution in [0.25, 0.3) is 0 Å². The summed E-state index contributed by atoms with van der Waals surface area (Å²) in [5.41, 5.74) is 3.06. The van der Waals surface area contributed by atoms with Gasteiger partial charge in [-0.3, -0.25) is 9.69 Å². The molecule has 1 amide bonds. The number of morpholine rings is 1. The van der Waals surface area contributed by atoms with Crippen LogP contribution in [0, 0.1) is 13.8 Å². The maximum absolute atomic E-state index is 12.4. The third-order valence-corrected chi connectivity index (χ3v) is 5.34. The summed E-state index contributed by atoms with van der Waals surface area (Å²) in [5.74, 6) is 0.626. The van der Waals surface area contributed by atoms with Gasteiger partial charge in [-0.25, -0.2) is 0 Å². The number of nitrogens with zero attached hydrogens (tertiary/aromatic N) is 1. The van der Waals surface area contributed by atoms with Crippen molar-refractivity contribution < 1.29 is 14.3 Å². The van der Waals surface area contributed by atoms with Gasteiger partial charge in [0.25, 0.3) is 5.91 Å². The van der Waals surface area contributed by atoms with Crippen molar-refractivity contribution in [2.45, 2.75) is 19.9 Å². The molecule has 2 aromatic carbocycles. The van der Waals surface area contributed by atoms with Gasteiger partial charge < -0.3 is 14.8 Å². The number of hydrogen-bond acceptors (Lipinski definition) is 4. The first-order valence-corrected chi connectivity index (χ1v) is 9.96. The number of ether oxygens (including phenoxy) is 2. The smallest absolute Gasteiger partial charge is 0.258 e. The van der Waals surface area contributed by atoms with Crippen molar-refractivity contribution in [1.29, 1.82) is 0 Å². The van der Waals surface area contributed by atoms with Crippen molar-refractivity contribution in [2.75, 3.05) is 39.5 Å². The van der Waals surface area contributed by atoms with Crippen LogP contribution in [0.1, 0.15) is 22.7 Å². The Morgan fingerprint density at radius 2 is 1.79 bits per heavy atom. The highest BCUT2D eigenvalue weighted by atomic mass is 35.5. The molecule has 0 saturated carbocycles. The number of nitrogens with one attached hydrogen (secondary N) is 1. The van der Waals surface area contributed by atoms with Gasteiger partial charge in [0.1, 0.15) is 5.75 Å². The summed E-state index contributed by atoms with van der Waals surface area (Å²) in [6.45, 7) is 7.41. The Morgan fingerprint density at radius 3 is 2.45 bits per heavy atom. The fraction of sp³-hybridized carbons (Fsp3) is 0.409. The lowest BCUT2D eigenvalue weighted by molar-refractivity contribution is -0.123. The van der Waals surface area contributed by atoms with Gasteiger partial charge >= 0.3 is 0 Å². The molecule has 1 N–H and O–H groups in total. The number of carbonyl (C=O) groups is 1. The number of para-hydroxylation sites is 1. The van der Waals surface area contributed by atoms with Crippen LogP contribution < -0.4 is 10.1 Å². The van der Waals surface area contributed by atoms with Gasteiger partial charge in [0.05, 0.1) is 19.3 Å². The van der Waals surface area contributed by atoms with E-state index in [1.54, 1.807) is 0 Å². The van der Waals surface area contributed by atoms with Gasteiger partial charge in [-0.05, 0) is 36.6 Å². The van der Waals surface area contributed by atoms with Crippen LogP contribution >= 0.6 is 24.0 Å². The maximum Gasteiger partial charge on any atom is 0.258 e. The van der Waals surface area contributed by atoms with Crippen LogP contribution in [-0.2, 0) is 9.53 Å². The lowest BCUT2D eigenvalue weighted by Gasteiger charge is -2.35. The Morgan fingerprint density at radius 1 is 1.14 bits per heavy atom. The highest BCUT2D eigenvalue weighted by molar-refractivity contribution is 6.31. The van der Waals surface area contributed by atoms with E-state index in [1.165, 1.54) is 0 Å². The largest absolute Gasteiger partial charge is 0.483 e. The molecule has 0 bridgehead atoms. The summed E-state index contributed by atoms with van der Waals surface area (Å²) < 4.78 is 11.2. The normalized spacial score (nSPS) is 15.3. The van der Waals surface area contributed by atoms with E-state index in [9.17, 15) is 4.79 Å². The SMILES string of the molecule is Cc1cccc(C)c1OCC(=O)NCC(c1ccccc1Cl)N1CCOCC1.Cl. The van der Waals surface area contributed by atoms with Crippen LogP contribution in [0.2, 0.25) is 5.02 Å². The average molecular weight is 439 g/mol. The van der Waals surface area contributed by atoms with E-state index < -0.39 is 0 Å². The molecular formula is C22H28Cl2N2O3. The number of hydrogen-bond donors (Lipinski definition) is 1. The van der Waals surface area contributed by atoms with Crippen LogP contribution in [0.3, 0.4) is 0 Å². The molecule has 0 aromatic heterocycles. The summed E-state index contributed by atoms with van der Waals surface area (Å²) in [5, 5.41) is 3.72. The highest BCUT2D eigenvalue weighted by Crippen LogP contribution is 2.28. The third kappa shape index (κ3) is 6.34. The number of halogens is 2. The predicted octanol–water partition coefficient (Wildman–Crippen LogP) is 3.95. The molecule has 5 nitrogen and oxygen atoms in total. The summed E-state index contributed by atoms with van der Waals surface area (Å²) in [4.78, 5) is 14.7. The first-order valence-electron chi connectivity index (χ1n) is 9.58. The summed E-state index contributed by atoms with van der Waals surface area (Å²) in [7, 11) is 0. The van der Waals surface area contributed by atoms with Gasteiger partial charge in [0.2, 0.25) is 0 Å². The zero-order valence-electron chi connectivity index (χ0n) is 16.8. The minimum atomic E-state index is -0.145. The monoisotopic (exact) mass is 438 g/mol. The Balaban J connectivity index is 0.00000300. The molecule has 0 spiro atoms. The molecule has 0 radical (unpaired) electrons. The zero-order valence-corrected chi connectivity index (χ0v) is 18.4. The summed E-state index contributed by atoms with van der Waals surface area (Å²) in [6, 6.07) is 13.7. The van der Waals surface area contributed by atoms with Gasteiger partial charge in [-0.1, -0.05) is 48.0 Å². The first-order chi connectivity index (χ1) is 13.6. The van der Waals surface area contributed by atoms with Gasteiger partial charge in [0, 0.05) is 24.7 Å². The molecule has 3 rings (SSSR count). The van der Waals surface area contributed by atoms with E-state index in [4.69, 9.17) is 21.1 Å². The molecular weight excluding hydrogens is 411 g/mol. The Bertz CT molecular complexity index is 790. The van der Waals surface area contributed by atoms with Gasteiger partial charge in [0.15, 0.2) is 6.61 Å². The number of benzene rings is 2. The van der Waals surface area contributed by atoms with Crippen molar-refractivity contribution in [3.05, 3.63) is 64.2 Å². The lowest BCUT2D eigenvalue weighted by Crippen LogP contribution is -2.44. The molecule has 158 valence electrons. The van der Waals surface area contributed by atoms with Gasteiger partial charge in [-0.15, -0.1) is 12.4 Å². The number of rotatable bonds is 7. The molecule has 7 heteroatoms.